The number of nitrogens with zero attached hydrogens (tertiary/aromatic N) is 4. The summed E-state index contributed by atoms with van der Waals surface area (Å²) >= 11 is 2.20. The summed E-state index contributed by atoms with van der Waals surface area (Å²) < 4.78 is 5.85. The molecule has 0 saturated heterocycles. The van der Waals surface area contributed by atoms with E-state index in [-0.39, 0.29) is 11.7 Å². The van der Waals surface area contributed by atoms with Crippen LogP contribution in [0.5, 0.6) is 0 Å². The lowest BCUT2D eigenvalue weighted by molar-refractivity contribution is -0.113. The van der Waals surface area contributed by atoms with Gasteiger partial charge in [-0.15, -0.1) is 10.2 Å². The van der Waals surface area contributed by atoms with Crippen molar-refractivity contribution in [3.8, 4) is 0 Å². The molecule has 9 nitrogen and oxygen atoms in total. The molecule has 2 aromatic rings. The van der Waals surface area contributed by atoms with Crippen LogP contribution in [-0.2, 0) is 9.53 Å². The first-order valence-electron chi connectivity index (χ1n) is 5.64. The van der Waals surface area contributed by atoms with E-state index in [0.717, 1.165) is 23.1 Å². The first-order valence-corrected chi connectivity index (χ1v) is 7.45. The van der Waals surface area contributed by atoms with E-state index in [4.69, 9.17) is 5.84 Å². The van der Waals surface area contributed by atoms with Crippen molar-refractivity contribution in [2.75, 3.05) is 24.0 Å². The standard InChI is InChI=1S/C10H12N6O3S2/c1-5-7(8(18)19-2)21-9(13-5)14-6(17)3-20-10-15-12-4-16(10)11/h4H,3,11H2,1-2H3,(H,13,14,17). The van der Waals surface area contributed by atoms with Crippen LogP contribution in [0.1, 0.15) is 15.4 Å². The molecule has 0 radical (unpaired) electrons. The molecule has 0 fully saturated rings. The number of thioether (sulfide) groups is 1. The summed E-state index contributed by atoms with van der Waals surface area (Å²) in [4.78, 5) is 27.7. The third-order valence-electron chi connectivity index (χ3n) is 2.29. The number of anilines is 1. The number of aryl methyl sites for hydroxylation is 1. The van der Waals surface area contributed by atoms with Gasteiger partial charge in [0.05, 0.1) is 18.6 Å². The molecule has 2 aromatic heterocycles. The van der Waals surface area contributed by atoms with Crippen LogP contribution in [0.15, 0.2) is 11.5 Å². The molecule has 0 aliphatic carbocycles. The van der Waals surface area contributed by atoms with Gasteiger partial charge in [0.1, 0.15) is 11.2 Å². The number of rotatable bonds is 5. The number of thiazole rings is 1. The second-order valence-electron chi connectivity index (χ2n) is 3.78. The van der Waals surface area contributed by atoms with Crippen molar-refractivity contribution < 1.29 is 14.3 Å². The SMILES string of the molecule is COC(=O)c1sc(NC(=O)CSc2nncn2N)nc1C. The topological polar surface area (TPSA) is 125 Å². The molecule has 0 atom stereocenters. The van der Waals surface area contributed by atoms with Gasteiger partial charge in [-0.3, -0.25) is 4.79 Å². The van der Waals surface area contributed by atoms with Gasteiger partial charge in [0.15, 0.2) is 5.13 Å². The molecular formula is C10H12N6O3S2. The van der Waals surface area contributed by atoms with E-state index < -0.39 is 5.97 Å². The summed E-state index contributed by atoms with van der Waals surface area (Å²) in [7, 11) is 1.29. The molecule has 2 rings (SSSR count). The van der Waals surface area contributed by atoms with Crippen LogP contribution >= 0.6 is 23.1 Å². The van der Waals surface area contributed by atoms with Crippen LogP contribution in [0.4, 0.5) is 5.13 Å². The number of amides is 1. The molecule has 0 aliphatic rings. The Balaban J connectivity index is 1.94. The summed E-state index contributed by atoms with van der Waals surface area (Å²) in [6, 6.07) is 0. The Bertz CT molecular complexity index is 668. The number of nitrogens with two attached hydrogens (primary N) is 1. The summed E-state index contributed by atoms with van der Waals surface area (Å²) in [6.07, 6.45) is 1.34. The number of hydrogen-bond donors (Lipinski definition) is 2. The lowest BCUT2D eigenvalue weighted by atomic mass is 10.4. The van der Waals surface area contributed by atoms with Crippen LogP contribution in [0, 0.1) is 6.92 Å². The minimum atomic E-state index is -0.476. The molecular weight excluding hydrogens is 316 g/mol. The first kappa shape index (κ1) is 15.3. The van der Waals surface area contributed by atoms with Gasteiger partial charge in [0.2, 0.25) is 11.1 Å². The Kier molecular flexibility index (Phi) is 4.75. The third-order valence-corrected chi connectivity index (χ3v) is 4.30. The smallest absolute Gasteiger partial charge is 0.350 e. The Labute approximate surface area is 127 Å². The molecule has 0 spiro atoms. The van der Waals surface area contributed by atoms with Crippen molar-refractivity contribution in [1.29, 1.82) is 0 Å². The summed E-state index contributed by atoms with van der Waals surface area (Å²) in [6.45, 7) is 1.67. The zero-order valence-electron chi connectivity index (χ0n) is 11.2. The van der Waals surface area contributed by atoms with Gasteiger partial charge in [-0.05, 0) is 6.92 Å². The summed E-state index contributed by atoms with van der Waals surface area (Å²) in [5, 5.41) is 10.7. The quantitative estimate of drug-likeness (QED) is 0.455. The molecule has 0 bridgehead atoms. The highest BCUT2D eigenvalue weighted by Crippen LogP contribution is 2.23. The van der Waals surface area contributed by atoms with E-state index in [1.54, 1.807) is 6.92 Å². The van der Waals surface area contributed by atoms with Crippen molar-refractivity contribution in [2.24, 2.45) is 0 Å². The molecule has 11 heteroatoms. The molecule has 0 aromatic carbocycles. The molecule has 0 saturated carbocycles. The Morgan fingerprint density at radius 2 is 2.33 bits per heavy atom. The number of methoxy groups -OCH3 is 1. The van der Waals surface area contributed by atoms with Gasteiger partial charge in [0.25, 0.3) is 0 Å². The summed E-state index contributed by atoms with van der Waals surface area (Å²) in [5.41, 5.74) is 0.511. The van der Waals surface area contributed by atoms with E-state index in [0.29, 0.717) is 20.9 Å². The van der Waals surface area contributed by atoms with Gasteiger partial charge in [0, 0.05) is 0 Å². The highest BCUT2D eigenvalue weighted by molar-refractivity contribution is 7.99. The number of hydrogen-bond acceptors (Lipinski definition) is 9. The van der Waals surface area contributed by atoms with Crippen molar-refractivity contribution in [3.63, 3.8) is 0 Å². The van der Waals surface area contributed by atoms with Gasteiger partial charge < -0.3 is 15.9 Å². The second-order valence-corrected chi connectivity index (χ2v) is 5.72. The Morgan fingerprint density at radius 1 is 1.57 bits per heavy atom. The fourth-order valence-corrected chi connectivity index (χ4v) is 2.89. The maximum Gasteiger partial charge on any atom is 0.350 e. The van der Waals surface area contributed by atoms with Crippen molar-refractivity contribution in [2.45, 2.75) is 12.1 Å². The van der Waals surface area contributed by atoms with Crippen molar-refractivity contribution in [1.82, 2.24) is 19.9 Å². The van der Waals surface area contributed by atoms with Crippen molar-refractivity contribution in [3.05, 3.63) is 16.9 Å². The Morgan fingerprint density at radius 3 is 2.95 bits per heavy atom. The number of ether oxygens (including phenoxy) is 1. The average molecular weight is 328 g/mol. The molecule has 21 heavy (non-hydrogen) atoms. The molecule has 112 valence electrons. The number of esters is 1. The lowest BCUT2D eigenvalue weighted by Gasteiger charge is -2.00. The minimum Gasteiger partial charge on any atom is -0.465 e. The molecule has 0 aliphatic heterocycles. The number of nitrogens with one attached hydrogen (secondary N) is 1. The van der Waals surface area contributed by atoms with E-state index in [9.17, 15) is 9.59 Å². The van der Waals surface area contributed by atoms with E-state index in [2.05, 4.69) is 25.2 Å². The van der Waals surface area contributed by atoms with Crippen LogP contribution in [0.2, 0.25) is 0 Å². The zero-order valence-corrected chi connectivity index (χ0v) is 12.8. The maximum absolute atomic E-state index is 11.8. The molecule has 2 heterocycles. The van der Waals surface area contributed by atoms with Crippen LogP contribution in [-0.4, -0.2) is 44.6 Å². The van der Waals surface area contributed by atoms with Gasteiger partial charge in [-0.25, -0.2) is 14.5 Å². The largest absolute Gasteiger partial charge is 0.465 e. The van der Waals surface area contributed by atoms with E-state index >= 15 is 0 Å². The maximum atomic E-state index is 11.8. The zero-order chi connectivity index (χ0) is 15.4. The van der Waals surface area contributed by atoms with Gasteiger partial charge in [-0.2, -0.15) is 0 Å². The van der Waals surface area contributed by atoms with Crippen LogP contribution < -0.4 is 11.2 Å². The predicted molar refractivity (Wildman–Crippen MR) is 77.7 cm³/mol. The normalized spacial score (nSPS) is 10.4. The van der Waals surface area contributed by atoms with Gasteiger partial charge >= 0.3 is 5.97 Å². The third kappa shape index (κ3) is 3.70. The molecule has 3 N–H and O–H groups in total. The average Bonchev–Trinajstić information content (AvgIpc) is 3.01. The number of carbonyl (C=O) groups excluding carboxylic acids is 2. The highest BCUT2D eigenvalue weighted by Gasteiger charge is 2.17. The van der Waals surface area contributed by atoms with E-state index in [1.165, 1.54) is 18.1 Å². The summed E-state index contributed by atoms with van der Waals surface area (Å²) in [5.74, 6) is 4.87. The first-order chi connectivity index (χ1) is 10.0. The van der Waals surface area contributed by atoms with E-state index in [1.807, 2.05) is 0 Å². The molecule has 1 amide bonds. The molecule has 0 unspecified atom stereocenters. The second kappa shape index (κ2) is 6.54. The van der Waals surface area contributed by atoms with Gasteiger partial charge in [-0.1, -0.05) is 23.1 Å². The monoisotopic (exact) mass is 328 g/mol. The number of carbonyl (C=O) groups is 2. The lowest BCUT2D eigenvalue weighted by Crippen LogP contribution is -2.15. The predicted octanol–water partition coefficient (Wildman–Crippen LogP) is 0.274. The van der Waals surface area contributed by atoms with Crippen LogP contribution in [0.25, 0.3) is 0 Å². The number of aromatic nitrogens is 4. The fraction of sp³-hybridized carbons (Fsp3) is 0.300. The number of nitrogen functional groups attached to an aromatic ring is 1. The minimum absolute atomic E-state index is 0.0993. The van der Waals surface area contributed by atoms with Crippen molar-refractivity contribution >= 4 is 40.1 Å². The Hall–Kier alpha value is -2.14. The fourth-order valence-electron chi connectivity index (χ4n) is 1.35. The highest BCUT2D eigenvalue weighted by atomic mass is 32.2. The van der Waals surface area contributed by atoms with Crippen LogP contribution in [0.3, 0.4) is 0 Å².